The quantitative estimate of drug-likeness (QED) is 0.881. The highest BCUT2D eigenvalue weighted by molar-refractivity contribution is 5.46. The molecule has 1 aromatic rings. The van der Waals surface area contributed by atoms with Crippen LogP contribution in [0, 0.1) is 0 Å². The molecule has 0 aromatic heterocycles. The maximum atomic E-state index is 5.19. The summed E-state index contributed by atoms with van der Waals surface area (Å²) >= 11 is 0. The van der Waals surface area contributed by atoms with Gasteiger partial charge in [0.25, 0.3) is 0 Å². The van der Waals surface area contributed by atoms with Gasteiger partial charge in [-0.25, -0.2) is 0 Å². The van der Waals surface area contributed by atoms with E-state index in [4.69, 9.17) is 4.74 Å². The molecule has 2 fully saturated rings. The van der Waals surface area contributed by atoms with Crippen molar-refractivity contribution >= 4 is 5.69 Å². The molecule has 0 spiro atoms. The maximum absolute atomic E-state index is 5.19. The minimum atomic E-state index is 0.591. The van der Waals surface area contributed by atoms with Gasteiger partial charge >= 0.3 is 0 Å². The molecule has 2 unspecified atom stereocenters. The van der Waals surface area contributed by atoms with Crippen LogP contribution in [-0.4, -0.2) is 36.7 Å². The molecular weight excluding hydrogens is 236 g/mol. The number of ether oxygens (including phenoxy) is 1. The molecule has 0 bridgehead atoms. The van der Waals surface area contributed by atoms with Crippen molar-refractivity contribution in [3.8, 4) is 0 Å². The SMILES string of the molecule is COCc1cccc(NC2CC(C)N(C3CC3)C2)c1. The zero-order valence-corrected chi connectivity index (χ0v) is 11.9. The summed E-state index contributed by atoms with van der Waals surface area (Å²) in [5.74, 6) is 0. The third-order valence-corrected chi connectivity index (χ3v) is 4.25. The molecule has 1 aliphatic carbocycles. The van der Waals surface area contributed by atoms with Crippen LogP contribution in [0.1, 0.15) is 31.7 Å². The number of rotatable bonds is 5. The number of benzene rings is 1. The second-order valence-corrected chi connectivity index (χ2v) is 5.99. The standard InChI is InChI=1S/C16H24N2O/c1-12-8-15(10-18(12)16-6-7-16)17-14-5-3-4-13(9-14)11-19-2/h3-5,9,12,15-17H,6-8,10-11H2,1-2H3. The first kappa shape index (κ1) is 12.9. The average molecular weight is 260 g/mol. The number of hydrogen-bond acceptors (Lipinski definition) is 3. The molecule has 1 saturated heterocycles. The van der Waals surface area contributed by atoms with Crippen LogP contribution < -0.4 is 5.32 Å². The molecule has 3 rings (SSSR count). The van der Waals surface area contributed by atoms with Crippen molar-refractivity contribution in [1.82, 2.24) is 4.90 Å². The van der Waals surface area contributed by atoms with Crippen molar-refractivity contribution in [1.29, 1.82) is 0 Å². The number of hydrogen-bond donors (Lipinski definition) is 1. The molecule has 19 heavy (non-hydrogen) atoms. The molecule has 104 valence electrons. The van der Waals surface area contributed by atoms with Crippen LogP contribution in [0.3, 0.4) is 0 Å². The largest absolute Gasteiger partial charge is 0.381 e. The lowest BCUT2D eigenvalue weighted by atomic mass is 10.1. The number of methoxy groups -OCH3 is 1. The number of anilines is 1. The van der Waals surface area contributed by atoms with Crippen molar-refractivity contribution in [3.05, 3.63) is 29.8 Å². The van der Waals surface area contributed by atoms with Crippen molar-refractivity contribution in [2.75, 3.05) is 19.0 Å². The predicted octanol–water partition coefficient (Wildman–Crippen LogP) is 2.87. The van der Waals surface area contributed by atoms with Gasteiger partial charge in [0, 0.05) is 37.5 Å². The fourth-order valence-electron chi connectivity index (χ4n) is 3.23. The van der Waals surface area contributed by atoms with E-state index in [0.29, 0.717) is 12.6 Å². The van der Waals surface area contributed by atoms with Gasteiger partial charge in [0.1, 0.15) is 0 Å². The van der Waals surface area contributed by atoms with Crippen LogP contribution in [0.15, 0.2) is 24.3 Å². The van der Waals surface area contributed by atoms with Gasteiger partial charge in [0.15, 0.2) is 0 Å². The Labute approximate surface area is 115 Å². The van der Waals surface area contributed by atoms with Crippen molar-refractivity contribution in [2.24, 2.45) is 0 Å². The minimum Gasteiger partial charge on any atom is -0.381 e. The normalized spacial score (nSPS) is 27.7. The molecule has 1 aliphatic heterocycles. The summed E-state index contributed by atoms with van der Waals surface area (Å²) in [4.78, 5) is 2.68. The highest BCUT2D eigenvalue weighted by Gasteiger charge is 2.38. The van der Waals surface area contributed by atoms with E-state index < -0.39 is 0 Å². The van der Waals surface area contributed by atoms with Gasteiger partial charge in [0.05, 0.1) is 6.61 Å². The number of likely N-dealkylation sites (tertiary alicyclic amines) is 1. The van der Waals surface area contributed by atoms with Gasteiger partial charge in [-0.1, -0.05) is 12.1 Å². The first-order valence-corrected chi connectivity index (χ1v) is 7.36. The predicted molar refractivity (Wildman–Crippen MR) is 78.4 cm³/mol. The average Bonchev–Trinajstić information content (AvgIpc) is 3.15. The molecule has 0 radical (unpaired) electrons. The summed E-state index contributed by atoms with van der Waals surface area (Å²) < 4.78 is 5.19. The summed E-state index contributed by atoms with van der Waals surface area (Å²) in [6.07, 6.45) is 4.06. The van der Waals surface area contributed by atoms with Gasteiger partial charge in [-0.15, -0.1) is 0 Å². The molecule has 1 saturated carbocycles. The van der Waals surface area contributed by atoms with E-state index in [-0.39, 0.29) is 0 Å². The molecular formula is C16H24N2O. The highest BCUT2D eigenvalue weighted by atomic mass is 16.5. The van der Waals surface area contributed by atoms with Crippen LogP contribution in [-0.2, 0) is 11.3 Å². The Morgan fingerprint density at radius 2 is 2.21 bits per heavy atom. The van der Waals surface area contributed by atoms with E-state index in [2.05, 4.69) is 41.4 Å². The van der Waals surface area contributed by atoms with E-state index in [9.17, 15) is 0 Å². The van der Waals surface area contributed by atoms with Crippen LogP contribution in [0.5, 0.6) is 0 Å². The zero-order valence-electron chi connectivity index (χ0n) is 11.9. The lowest BCUT2D eigenvalue weighted by Gasteiger charge is -2.20. The topological polar surface area (TPSA) is 24.5 Å². The Morgan fingerprint density at radius 1 is 1.37 bits per heavy atom. The van der Waals surface area contributed by atoms with Crippen LogP contribution >= 0.6 is 0 Å². The second-order valence-electron chi connectivity index (χ2n) is 5.99. The molecule has 2 aliphatic rings. The Kier molecular flexibility index (Phi) is 3.76. The summed E-state index contributed by atoms with van der Waals surface area (Å²) in [5, 5.41) is 3.69. The van der Waals surface area contributed by atoms with E-state index >= 15 is 0 Å². The minimum absolute atomic E-state index is 0.591. The monoisotopic (exact) mass is 260 g/mol. The van der Waals surface area contributed by atoms with Gasteiger partial charge in [-0.05, 0) is 43.9 Å². The lowest BCUT2D eigenvalue weighted by Crippen LogP contribution is -2.31. The Hall–Kier alpha value is -1.06. The van der Waals surface area contributed by atoms with Crippen LogP contribution in [0.4, 0.5) is 5.69 Å². The summed E-state index contributed by atoms with van der Waals surface area (Å²) in [6, 6.07) is 10.8. The van der Waals surface area contributed by atoms with Crippen molar-refractivity contribution < 1.29 is 4.74 Å². The third kappa shape index (κ3) is 3.10. The molecule has 0 amide bonds. The first-order chi connectivity index (χ1) is 9.26. The van der Waals surface area contributed by atoms with Gasteiger partial charge in [0.2, 0.25) is 0 Å². The number of nitrogens with zero attached hydrogens (tertiary/aromatic N) is 1. The zero-order chi connectivity index (χ0) is 13.2. The summed E-state index contributed by atoms with van der Waals surface area (Å²) in [7, 11) is 1.74. The lowest BCUT2D eigenvalue weighted by molar-refractivity contribution is 0.185. The Bertz CT molecular complexity index is 431. The molecule has 3 nitrogen and oxygen atoms in total. The molecule has 2 atom stereocenters. The van der Waals surface area contributed by atoms with Gasteiger partial charge in [-0.3, -0.25) is 4.90 Å². The third-order valence-electron chi connectivity index (χ3n) is 4.25. The van der Waals surface area contributed by atoms with Crippen LogP contribution in [0.25, 0.3) is 0 Å². The van der Waals surface area contributed by atoms with Crippen molar-refractivity contribution in [2.45, 2.75) is 50.9 Å². The first-order valence-electron chi connectivity index (χ1n) is 7.36. The van der Waals surface area contributed by atoms with E-state index in [1.165, 1.54) is 37.1 Å². The summed E-state index contributed by atoms with van der Waals surface area (Å²) in [5.41, 5.74) is 2.46. The maximum Gasteiger partial charge on any atom is 0.0713 e. The summed E-state index contributed by atoms with van der Waals surface area (Å²) in [6.45, 7) is 4.24. The van der Waals surface area contributed by atoms with E-state index in [1.54, 1.807) is 7.11 Å². The fraction of sp³-hybridized carbons (Fsp3) is 0.625. The van der Waals surface area contributed by atoms with Crippen molar-refractivity contribution in [3.63, 3.8) is 0 Å². The van der Waals surface area contributed by atoms with Gasteiger partial charge < -0.3 is 10.1 Å². The van der Waals surface area contributed by atoms with E-state index in [0.717, 1.165) is 12.1 Å². The second kappa shape index (κ2) is 5.51. The van der Waals surface area contributed by atoms with Gasteiger partial charge in [-0.2, -0.15) is 0 Å². The van der Waals surface area contributed by atoms with Crippen LogP contribution in [0.2, 0.25) is 0 Å². The Morgan fingerprint density at radius 3 is 2.95 bits per heavy atom. The fourth-order valence-corrected chi connectivity index (χ4v) is 3.23. The highest BCUT2D eigenvalue weighted by Crippen LogP contribution is 2.34. The number of nitrogens with one attached hydrogen (secondary N) is 1. The Balaban J connectivity index is 1.60. The molecule has 1 heterocycles. The molecule has 1 aromatic carbocycles. The molecule has 3 heteroatoms. The smallest absolute Gasteiger partial charge is 0.0713 e. The molecule has 1 N–H and O–H groups in total. The van der Waals surface area contributed by atoms with E-state index in [1.807, 2.05) is 0 Å².